The number of nitrogens with zero attached hydrogens (tertiary/aromatic N) is 2. The van der Waals surface area contributed by atoms with Crippen LogP contribution in [-0.2, 0) is 29.4 Å². The molecule has 2 atom stereocenters. The van der Waals surface area contributed by atoms with Crippen LogP contribution in [0, 0.1) is 0 Å². The van der Waals surface area contributed by atoms with Crippen LogP contribution >= 0.6 is 0 Å². The van der Waals surface area contributed by atoms with Gasteiger partial charge in [0.05, 0.1) is 29.1 Å². The molecule has 1 aliphatic carbocycles. The Morgan fingerprint density at radius 2 is 1.88 bits per heavy atom. The lowest BCUT2D eigenvalue weighted by Crippen LogP contribution is -2.50. The number of anilines is 1. The smallest absolute Gasteiger partial charge is 0.251 e. The van der Waals surface area contributed by atoms with E-state index in [-0.39, 0.29) is 11.7 Å². The molecule has 40 heavy (non-hydrogen) atoms. The summed E-state index contributed by atoms with van der Waals surface area (Å²) in [5, 5.41) is 18.8. The highest BCUT2D eigenvalue weighted by Gasteiger charge is 2.30. The summed E-state index contributed by atoms with van der Waals surface area (Å²) in [5.41, 5.74) is 3.80. The lowest BCUT2D eigenvalue weighted by Gasteiger charge is -2.28. The Morgan fingerprint density at radius 1 is 1.12 bits per heavy atom. The summed E-state index contributed by atoms with van der Waals surface area (Å²) >= 11 is 0. The number of aliphatic hydroxyl groups is 1. The predicted molar refractivity (Wildman–Crippen MR) is 160 cm³/mol. The summed E-state index contributed by atoms with van der Waals surface area (Å²) in [7, 11) is -1.93. The van der Waals surface area contributed by atoms with Gasteiger partial charge in [-0.05, 0) is 55.4 Å². The maximum atomic E-state index is 13.8. The zero-order valence-electron chi connectivity index (χ0n) is 23.6. The molecule has 0 spiro atoms. The van der Waals surface area contributed by atoms with Crippen LogP contribution in [0.15, 0.2) is 48.7 Å². The summed E-state index contributed by atoms with van der Waals surface area (Å²) in [5.74, 6) is -0.291. The number of aryl methyl sites for hydroxylation is 2. The molecule has 2 aliphatic rings. The SMILES string of the molecule is CCCn1cc2c3c(cc(C(=O)N[C@@H](Cc4ccccc4)[C@H](O)CNC4CCCCC4)cc31)N(C)S(=O)(=O)CC2. The Kier molecular flexibility index (Phi) is 8.83. The van der Waals surface area contributed by atoms with Gasteiger partial charge in [0.15, 0.2) is 0 Å². The largest absolute Gasteiger partial charge is 0.390 e. The van der Waals surface area contributed by atoms with Gasteiger partial charge < -0.3 is 20.3 Å². The number of carbonyl (C=O) groups is 1. The molecule has 2 heterocycles. The minimum absolute atomic E-state index is 0.0320. The van der Waals surface area contributed by atoms with E-state index in [0.29, 0.717) is 36.7 Å². The first kappa shape index (κ1) is 28.6. The number of carbonyl (C=O) groups excluding carboxylic acids is 1. The zero-order valence-corrected chi connectivity index (χ0v) is 24.4. The maximum Gasteiger partial charge on any atom is 0.251 e. The third kappa shape index (κ3) is 6.21. The molecule has 1 saturated carbocycles. The van der Waals surface area contributed by atoms with E-state index in [9.17, 15) is 18.3 Å². The third-order valence-electron chi connectivity index (χ3n) is 8.45. The van der Waals surface area contributed by atoms with Crippen molar-refractivity contribution < 1.29 is 18.3 Å². The van der Waals surface area contributed by atoms with Gasteiger partial charge in [0.2, 0.25) is 10.0 Å². The van der Waals surface area contributed by atoms with Crippen LogP contribution in [0.2, 0.25) is 0 Å². The lowest BCUT2D eigenvalue weighted by atomic mass is 9.94. The summed E-state index contributed by atoms with van der Waals surface area (Å²) in [6.07, 6.45) is 8.99. The fourth-order valence-corrected chi connectivity index (χ4v) is 7.34. The van der Waals surface area contributed by atoms with Gasteiger partial charge in [-0.15, -0.1) is 0 Å². The van der Waals surface area contributed by atoms with E-state index in [1.165, 1.54) is 23.6 Å². The first-order chi connectivity index (χ1) is 19.3. The van der Waals surface area contributed by atoms with Gasteiger partial charge in [0.25, 0.3) is 5.91 Å². The average Bonchev–Trinajstić information content (AvgIpc) is 3.28. The molecule has 0 saturated heterocycles. The van der Waals surface area contributed by atoms with Crippen LogP contribution in [0.5, 0.6) is 0 Å². The Morgan fingerprint density at radius 3 is 2.60 bits per heavy atom. The molecule has 2 aromatic carbocycles. The number of hydrogen-bond donors (Lipinski definition) is 3. The van der Waals surface area contributed by atoms with Crippen LogP contribution in [0.3, 0.4) is 0 Å². The second-order valence-electron chi connectivity index (χ2n) is 11.4. The monoisotopic (exact) mass is 566 g/mol. The second kappa shape index (κ2) is 12.3. The molecule has 1 fully saturated rings. The van der Waals surface area contributed by atoms with E-state index in [0.717, 1.165) is 47.8 Å². The van der Waals surface area contributed by atoms with Crippen LogP contribution in [0.25, 0.3) is 10.9 Å². The molecule has 1 aliphatic heterocycles. The molecule has 0 unspecified atom stereocenters. The van der Waals surface area contributed by atoms with Crippen LogP contribution in [-0.4, -0.2) is 61.5 Å². The molecule has 3 N–H and O–H groups in total. The van der Waals surface area contributed by atoms with Crippen molar-refractivity contribution in [3.05, 3.63) is 65.4 Å². The highest BCUT2D eigenvalue weighted by molar-refractivity contribution is 7.92. The predicted octanol–water partition coefficient (Wildman–Crippen LogP) is 4.00. The number of sulfonamides is 1. The van der Waals surface area contributed by atoms with E-state index < -0.39 is 22.2 Å². The summed E-state index contributed by atoms with van der Waals surface area (Å²) in [6, 6.07) is 13.3. The first-order valence-electron chi connectivity index (χ1n) is 14.7. The van der Waals surface area contributed by atoms with Gasteiger partial charge in [0.1, 0.15) is 0 Å². The highest BCUT2D eigenvalue weighted by atomic mass is 32.2. The Hall–Kier alpha value is -2.88. The molecule has 8 nitrogen and oxygen atoms in total. The van der Waals surface area contributed by atoms with Crippen LogP contribution in [0.1, 0.15) is 66.9 Å². The van der Waals surface area contributed by atoms with Gasteiger partial charge in [-0.3, -0.25) is 9.10 Å². The van der Waals surface area contributed by atoms with Crippen molar-refractivity contribution in [1.29, 1.82) is 0 Å². The van der Waals surface area contributed by atoms with Crippen LogP contribution < -0.4 is 14.9 Å². The number of hydrogen-bond acceptors (Lipinski definition) is 5. The zero-order chi connectivity index (χ0) is 28.3. The van der Waals surface area contributed by atoms with E-state index >= 15 is 0 Å². The highest BCUT2D eigenvalue weighted by Crippen LogP contribution is 2.37. The van der Waals surface area contributed by atoms with E-state index in [1.54, 1.807) is 13.1 Å². The van der Waals surface area contributed by atoms with Crippen molar-refractivity contribution in [3.63, 3.8) is 0 Å². The number of aliphatic hydroxyl groups excluding tert-OH is 1. The molecule has 1 amide bonds. The molecular weight excluding hydrogens is 524 g/mol. The first-order valence-corrected chi connectivity index (χ1v) is 16.3. The Bertz CT molecular complexity index is 1430. The summed E-state index contributed by atoms with van der Waals surface area (Å²) < 4.78 is 29.4. The number of amides is 1. The van der Waals surface area contributed by atoms with Gasteiger partial charge >= 0.3 is 0 Å². The van der Waals surface area contributed by atoms with Crippen molar-refractivity contribution >= 4 is 32.5 Å². The molecule has 0 bridgehead atoms. The van der Waals surface area contributed by atoms with E-state index in [2.05, 4.69) is 22.1 Å². The number of aromatic nitrogens is 1. The summed E-state index contributed by atoms with van der Waals surface area (Å²) in [4.78, 5) is 13.8. The van der Waals surface area contributed by atoms with Gasteiger partial charge in [-0.2, -0.15) is 0 Å². The molecule has 9 heteroatoms. The minimum Gasteiger partial charge on any atom is -0.390 e. The topological polar surface area (TPSA) is 104 Å². The van der Waals surface area contributed by atoms with Crippen molar-refractivity contribution in [2.24, 2.45) is 0 Å². The van der Waals surface area contributed by atoms with Gasteiger partial charge in [-0.25, -0.2) is 8.42 Å². The van der Waals surface area contributed by atoms with Crippen molar-refractivity contribution in [3.8, 4) is 0 Å². The second-order valence-corrected chi connectivity index (χ2v) is 13.5. The fourth-order valence-electron chi connectivity index (χ4n) is 6.15. The van der Waals surface area contributed by atoms with Gasteiger partial charge in [0, 0.05) is 43.3 Å². The standard InChI is InChI=1S/C31H42N4O4S/c1-3-15-35-21-23-14-16-40(38,39)34(2)27-18-24(19-28(35)30(23)27)31(37)33-26(17-22-10-6-4-7-11-22)29(36)20-32-25-12-8-5-9-13-25/h4,6-7,10-11,18-19,21,25-26,29,32,36H,3,5,8-9,12-17,20H2,1-2H3,(H,33,37)/t26-,29+/m0/s1. The maximum absolute atomic E-state index is 13.8. The van der Waals surface area contributed by atoms with Crippen LogP contribution in [0.4, 0.5) is 5.69 Å². The number of nitrogens with one attached hydrogen (secondary N) is 2. The number of benzene rings is 2. The summed E-state index contributed by atoms with van der Waals surface area (Å²) in [6.45, 7) is 3.28. The van der Waals surface area contributed by atoms with E-state index in [1.807, 2.05) is 42.6 Å². The fraction of sp³-hybridized carbons (Fsp3) is 0.516. The molecule has 3 aromatic rings. The minimum atomic E-state index is -3.50. The normalized spacial score (nSPS) is 18.8. The Balaban J connectivity index is 1.44. The molecule has 1 aromatic heterocycles. The van der Waals surface area contributed by atoms with Gasteiger partial charge in [-0.1, -0.05) is 56.5 Å². The quantitative estimate of drug-likeness (QED) is 0.344. The molecular formula is C31H42N4O4S. The lowest BCUT2D eigenvalue weighted by molar-refractivity contribution is 0.0821. The molecule has 216 valence electrons. The Labute approximate surface area is 237 Å². The number of rotatable bonds is 10. The molecule has 0 radical (unpaired) electrons. The average molecular weight is 567 g/mol. The third-order valence-corrected chi connectivity index (χ3v) is 10.2. The van der Waals surface area contributed by atoms with Crippen molar-refractivity contribution in [2.45, 2.75) is 83.0 Å². The molecule has 5 rings (SSSR count). The van der Waals surface area contributed by atoms with Crippen molar-refractivity contribution in [1.82, 2.24) is 15.2 Å². The van der Waals surface area contributed by atoms with E-state index in [4.69, 9.17) is 0 Å². The van der Waals surface area contributed by atoms with Crippen molar-refractivity contribution in [2.75, 3.05) is 23.7 Å².